The highest BCUT2D eigenvalue weighted by atomic mass is 32.2. The molecule has 0 saturated carbocycles. The average molecular weight is 345 g/mol. The Morgan fingerprint density at radius 1 is 1.29 bits per heavy atom. The number of hydrogen-bond donors (Lipinski definition) is 2. The van der Waals surface area contributed by atoms with Crippen LogP contribution < -0.4 is 10.0 Å². The smallest absolute Gasteiger partial charge is 0.242 e. The average Bonchev–Trinajstić information content (AvgIpc) is 3.03. The van der Waals surface area contributed by atoms with Crippen molar-refractivity contribution in [1.29, 1.82) is 0 Å². The summed E-state index contributed by atoms with van der Waals surface area (Å²) < 4.78 is 27.6. The Kier molecular flexibility index (Phi) is 5.56. The van der Waals surface area contributed by atoms with Crippen LogP contribution in [0.15, 0.2) is 22.4 Å². The van der Waals surface area contributed by atoms with Gasteiger partial charge < -0.3 is 5.32 Å². The van der Waals surface area contributed by atoms with Gasteiger partial charge >= 0.3 is 0 Å². The molecule has 2 aromatic rings. The van der Waals surface area contributed by atoms with Crippen LogP contribution in [0.4, 0.5) is 0 Å². The summed E-state index contributed by atoms with van der Waals surface area (Å²) in [4.78, 5) is 3.34. The van der Waals surface area contributed by atoms with Crippen LogP contribution in [-0.2, 0) is 29.5 Å². The highest BCUT2D eigenvalue weighted by molar-refractivity contribution is 7.89. The second kappa shape index (κ2) is 7.02. The standard InChI is InChI=1S/C14H20N2O2S3/c1-4-11-5-6-19-13(11)9-16-21(17,18)14-7-12(8-15-3)20-10(14)2/h5-7,15-16H,4,8-9H2,1-3H3. The van der Waals surface area contributed by atoms with E-state index in [1.54, 1.807) is 17.4 Å². The molecule has 0 aliphatic rings. The third-order valence-electron chi connectivity index (χ3n) is 3.21. The molecule has 4 nitrogen and oxygen atoms in total. The first-order valence-corrected chi connectivity index (χ1v) is 9.94. The fourth-order valence-corrected chi connectivity index (χ4v) is 5.78. The summed E-state index contributed by atoms with van der Waals surface area (Å²) >= 11 is 3.11. The molecule has 0 aromatic carbocycles. The van der Waals surface area contributed by atoms with Crippen LogP contribution >= 0.6 is 22.7 Å². The first-order chi connectivity index (χ1) is 9.97. The summed E-state index contributed by atoms with van der Waals surface area (Å²) in [5.41, 5.74) is 1.21. The molecule has 0 fully saturated rings. The largest absolute Gasteiger partial charge is 0.315 e. The van der Waals surface area contributed by atoms with Crippen molar-refractivity contribution in [2.45, 2.75) is 38.3 Å². The minimum atomic E-state index is -3.45. The van der Waals surface area contributed by atoms with Gasteiger partial charge in [0.15, 0.2) is 0 Å². The second-order valence-corrected chi connectivity index (χ2v) is 8.79. The fourth-order valence-electron chi connectivity index (χ4n) is 2.13. The molecule has 2 aromatic heterocycles. The van der Waals surface area contributed by atoms with Crippen LogP contribution in [-0.4, -0.2) is 15.5 Å². The lowest BCUT2D eigenvalue weighted by Crippen LogP contribution is -2.23. The summed E-state index contributed by atoms with van der Waals surface area (Å²) in [6, 6.07) is 3.81. The van der Waals surface area contributed by atoms with Crippen LogP contribution in [0.5, 0.6) is 0 Å². The Bertz CT molecular complexity index is 702. The maximum Gasteiger partial charge on any atom is 0.242 e. The summed E-state index contributed by atoms with van der Waals surface area (Å²) in [6.07, 6.45) is 0.921. The normalized spacial score (nSPS) is 12.0. The minimum absolute atomic E-state index is 0.361. The number of hydrogen-bond acceptors (Lipinski definition) is 5. The van der Waals surface area contributed by atoms with E-state index in [4.69, 9.17) is 0 Å². The molecular weight excluding hydrogens is 324 g/mol. The van der Waals surface area contributed by atoms with Crippen LogP contribution in [0.3, 0.4) is 0 Å². The van der Waals surface area contributed by atoms with Gasteiger partial charge in [0, 0.05) is 27.7 Å². The van der Waals surface area contributed by atoms with Gasteiger partial charge in [-0.25, -0.2) is 13.1 Å². The Labute approximate surface area is 134 Å². The number of sulfonamides is 1. The van der Waals surface area contributed by atoms with Crippen molar-refractivity contribution in [2.24, 2.45) is 0 Å². The lowest BCUT2D eigenvalue weighted by atomic mass is 10.2. The van der Waals surface area contributed by atoms with Crippen LogP contribution in [0, 0.1) is 6.92 Å². The molecule has 116 valence electrons. The Hall–Kier alpha value is -0.730. The lowest BCUT2D eigenvalue weighted by molar-refractivity contribution is 0.581. The molecule has 0 radical (unpaired) electrons. The van der Waals surface area contributed by atoms with Gasteiger partial charge in [0.1, 0.15) is 0 Å². The predicted molar refractivity (Wildman–Crippen MR) is 89.5 cm³/mol. The van der Waals surface area contributed by atoms with Gasteiger partial charge in [-0.15, -0.1) is 22.7 Å². The zero-order valence-electron chi connectivity index (χ0n) is 12.4. The summed E-state index contributed by atoms with van der Waals surface area (Å²) in [7, 11) is -1.60. The molecule has 21 heavy (non-hydrogen) atoms. The van der Waals surface area contributed by atoms with Gasteiger partial charge in [0.2, 0.25) is 10.0 Å². The Morgan fingerprint density at radius 2 is 2.05 bits per heavy atom. The van der Waals surface area contributed by atoms with Gasteiger partial charge in [-0.2, -0.15) is 0 Å². The molecule has 0 aliphatic carbocycles. The van der Waals surface area contributed by atoms with E-state index in [2.05, 4.69) is 23.0 Å². The summed E-state index contributed by atoms with van der Waals surface area (Å²) in [5, 5.41) is 5.05. The molecule has 0 amide bonds. The Balaban J connectivity index is 2.15. The van der Waals surface area contributed by atoms with E-state index in [0.29, 0.717) is 18.0 Å². The van der Waals surface area contributed by atoms with Crippen LogP contribution in [0.1, 0.15) is 27.1 Å². The predicted octanol–water partition coefficient (Wildman–Crippen LogP) is 2.88. The molecule has 0 atom stereocenters. The molecule has 0 unspecified atom stereocenters. The van der Waals surface area contributed by atoms with Crippen LogP contribution in [0.25, 0.3) is 0 Å². The summed E-state index contributed by atoms with van der Waals surface area (Å²) in [5.74, 6) is 0. The van der Waals surface area contributed by atoms with Crippen molar-refractivity contribution in [3.63, 3.8) is 0 Å². The SMILES string of the molecule is CCc1ccsc1CNS(=O)(=O)c1cc(CNC)sc1C. The van der Waals surface area contributed by atoms with E-state index in [1.807, 2.05) is 19.4 Å². The van der Waals surface area contributed by atoms with E-state index < -0.39 is 10.0 Å². The highest BCUT2D eigenvalue weighted by Gasteiger charge is 2.20. The topological polar surface area (TPSA) is 58.2 Å². The molecule has 0 aliphatic heterocycles. The maximum atomic E-state index is 12.4. The van der Waals surface area contributed by atoms with Crippen molar-refractivity contribution >= 4 is 32.7 Å². The third-order valence-corrected chi connectivity index (χ3v) is 6.88. The van der Waals surface area contributed by atoms with E-state index >= 15 is 0 Å². The molecule has 2 rings (SSSR count). The number of nitrogens with one attached hydrogen (secondary N) is 2. The van der Waals surface area contributed by atoms with Crippen molar-refractivity contribution in [3.05, 3.63) is 37.7 Å². The molecule has 0 saturated heterocycles. The minimum Gasteiger partial charge on any atom is -0.315 e. The summed E-state index contributed by atoms with van der Waals surface area (Å²) in [6.45, 7) is 4.97. The van der Waals surface area contributed by atoms with Gasteiger partial charge in [-0.3, -0.25) is 0 Å². The quantitative estimate of drug-likeness (QED) is 0.812. The highest BCUT2D eigenvalue weighted by Crippen LogP contribution is 2.26. The molecule has 2 heterocycles. The molecular formula is C14H20N2O2S3. The van der Waals surface area contributed by atoms with Crippen molar-refractivity contribution in [1.82, 2.24) is 10.0 Å². The molecule has 7 heteroatoms. The van der Waals surface area contributed by atoms with Crippen LogP contribution in [0.2, 0.25) is 0 Å². The molecule has 0 bridgehead atoms. The Morgan fingerprint density at radius 3 is 2.71 bits per heavy atom. The molecule has 2 N–H and O–H groups in total. The second-order valence-electron chi connectivity index (χ2n) is 4.71. The van der Waals surface area contributed by atoms with E-state index in [9.17, 15) is 8.42 Å². The molecule has 0 spiro atoms. The van der Waals surface area contributed by atoms with Crippen molar-refractivity contribution in [3.8, 4) is 0 Å². The van der Waals surface area contributed by atoms with E-state index in [-0.39, 0.29) is 0 Å². The van der Waals surface area contributed by atoms with Crippen molar-refractivity contribution in [2.75, 3.05) is 7.05 Å². The number of aryl methyl sites for hydroxylation is 2. The first-order valence-electron chi connectivity index (χ1n) is 6.76. The zero-order valence-corrected chi connectivity index (χ0v) is 14.8. The van der Waals surface area contributed by atoms with Crippen molar-refractivity contribution < 1.29 is 8.42 Å². The van der Waals surface area contributed by atoms with Gasteiger partial charge in [0.25, 0.3) is 0 Å². The lowest BCUT2D eigenvalue weighted by Gasteiger charge is -2.06. The third kappa shape index (κ3) is 3.92. The monoisotopic (exact) mass is 344 g/mol. The van der Waals surface area contributed by atoms with E-state index in [1.165, 1.54) is 16.9 Å². The maximum absolute atomic E-state index is 12.4. The van der Waals surface area contributed by atoms with Gasteiger partial charge in [-0.1, -0.05) is 6.92 Å². The van der Waals surface area contributed by atoms with Gasteiger partial charge in [-0.05, 0) is 43.5 Å². The fraction of sp³-hybridized carbons (Fsp3) is 0.429. The van der Waals surface area contributed by atoms with Gasteiger partial charge in [0.05, 0.1) is 4.90 Å². The first kappa shape index (κ1) is 16.6. The van der Waals surface area contributed by atoms with E-state index in [0.717, 1.165) is 21.1 Å². The number of rotatable bonds is 7. The number of thiophene rings is 2. The zero-order chi connectivity index (χ0) is 15.5.